The average molecular weight is 261 g/mol. The summed E-state index contributed by atoms with van der Waals surface area (Å²) in [4.78, 5) is 8.74. The van der Waals surface area contributed by atoms with E-state index in [1.54, 1.807) is 17.4 Å². The number of thiophene rings is 1. The number of imidazole rings is 1. The van der Waals surface area contributed by atoms with Gasteiger partial charge in [0.05, 0.1) is 11.0 Å². The van der Waals surface area contributed by atoms with E-state index in [0.717, 1.165) is 18.5 Å². The van der Waals surface area contributed by atoms with E-state index in [0.29, 0.717) is 11.5 Å². The van der Waals surface area contributed by atoms with Crippen molar-refractivity contribution in [3.05, 3.63) is 46.4 Å². The number of fused-ring (bicyclic) bond motifs is 1. The zero-order valence-electron chi connectivity index (χ0n) is 9.61. The molecule has 3 nitrogen and oxygen atoms in total. The molecule has 0 amide bonds. The minimum Gasteiger partial charge on any atom is -0.355 e. The van der Waals surface area contributed by atoms with E-state index in [-0.39, 0.29) is 5.82 Å². The fourth-order valence-corrected chi connectivity index (χ4v) is 2.53. The maximum atomic E-state index is 13.0. The van der Waals surface area contributed by atoms with Crippen LogP contribution in [0.2, 0.25) is 0 Å². The molecular formula is C13H12FN3S. The molecule has 0 aliphatic heterocycles. The van der Waals surface area contributed by atoms with Crippen molar-refractivity contribution in [2.24, 2.45) is 0 Å². The van der Waals surface area contributed by atoms with Crippen molar-refractivity contribution in [1.82, 2.24) is 9.97 Å². The molecule has 0 aliphatic rings. The van der Waals surface area contributed by atoms with Crippen LogP contribution in [0, 0.1) is 5.82 Å². The molecule has 2 aromatic heterocycles. The lowest BCUT2D eigenvalue weighted by molar-refractivity contribution is 0.629. The average Bonchev–Trinajstić information content (AvgIpc) is 2.97. The van der Waals surface area contributed by atoms with Gasteiger partial charge in [0.25, 0.3) is 0 Å². The number of nitrogens with one attached hydrogen (secondary N) is 2. The maximum absolute atomic E-state index is 13.0. The normalized spacial score (nSPS) is 10.9. The molecule has 0 bridgehead atoms. The van der Waals surface area contributed by atoms with Gasteiger partial charge < -0.3 is 10.3 Å². The summed E-state index contributed by atoms with van der Waals surface area (Å²) in [6.07, 6.45) is 0.961. The van der Waals surface area contributed by atoms with Gasteiger partial charge in [-0.2, -0.15) is 0 Å². The van der Waals surface area contributed by atoms with Crippen molar-refractivity contribution in [3.63, 3.8) is 0 Å². The molecule has 0 atom stereocenters. The van der Waals surface area contributed by atoms with E-state index in [9.17, 15) is 4.39 Å². The summed E-state index contributed by atoms with van der Waals surface area (Å²) in [5.41, 5.74) is 1.49. The quantitative estimate of drug-likeness (QED) is 0.755. The zero-order chi connectivity index (χ0) is 12.4. The van der Waals surface area contributed by atoms with Crippen LogP contribution in [-0.4, -0.2) is 16.5 Å². The van der Waals surface area contributed by atoms with Crippen LogP contribution in [-0.2, 0) is 6.42 Å². The third-order valence-corrected chi connectivity index (χ3v) is 3.62. The lowest BCUT2D eigenvalue weighted by Crippen LogP contribution is -2.04. The van der Waals surface area contributed by atoms with Gasteiger partial charge in [-0.1, -0.05) is 6.07 Å². The predicted molar refractivity (Wildman–Crippen MR) is 72.6 cm³/mol. The molecular weight excluding hydrogens is 249 g/mol. The summed E-state index contributed by atoms with van der Waals surface area (Å²) in [5.74, 6) is 0.434. The molecule has 2 heterocycles. The summed E-state index contributed by atoms with van der Waals surface area (Å²) in [7, 11) is 0. The molecule has 5 heteroatoms. The van der Waals surface area contributed by atoms with E-state index in [1.165, 1.54) is 17.0 Å². The minimum absolute atomic E-state index is 0.253. The predicted octanol–water partition coefficient (Wildman–Crippen LogP) is 3.42. The van der Waals surface area contributed by atoms with E-state index < -0.39 is 0 Å². The van der Waals surface area contributed by atoms with Gasteiger partial charge in [-0.15, -0.1) is 11.3 Å². The first-order chi connectivity index (χ1) is 8.81. The number of anilines is 1. The van der Waals surface area contributed by atoms with E-state index in [2.05, 4.69) is 26.7 Å². The molecule has 2 N–H and O–H groups in total. The molecule has 0 saturated carbocycles. The van der Waals surface area contributed by atoms with Crippen LogP contribution in [0.3, 0.4) is 0 Å². The van der Waals surface area contributed by atoms with Crippen LogP contribution in [0.5, 0.6) is 0 Å². The lowest BCUT2D eigenvalue weighted by Gasteiger charge is -2.00. The second kappa shape index (κ2) is 4.78. The maximum Gasteiger partial charge on any atom is 0.201 e. The van der Waals surface area contributed by atoms with Crippen molar-refractivity contribution >= 4 is 28.3 Å². The Labute approximate surface area is 108 Å². The van der Waals surface area contributed by atoms with Crippen LogP contribution in [0.25, 0.3) is 11.0 Å². The van der Waals surface area contributed by atoms with Crippen LogP contribution >= 0.6 is 11.3 Å². The summed E-state index contributed by atoms with van der Waals surface area (Å²) in [6.45, 7) is 0.808. The zero-order valence-corrected chi connectivity index (χ0v) is 10.4. The van der Waals surface area contributed by atoms with Crippen molar-refractivity contribution < 1.29 is 4.39 Å². The monoisotopic (exact) mass is 261 g/mol. The smallest absolute Gasteiger partial charge is 0.201 e. The van der Waals surface area contributed by atoms with E-state index in [1.807, 2.05) is 6.07 Å². The molecule has 0 radical (unpaired) electrons. The fourth-order valence-electron chi connectivity index (χ4n) is 1.82. The lowest BCUT2D eigenvalue weighted by atomic mass is 10.3. The standard InChI is InChI=1S/C13H12FN3S/c14-9-3-4-11-12(8-9)17-13(16-11)15-6-5-10-2-1-7-18-10/h1-4,7-8H,5-6H2,(H2,15,16,17). The number of benzene rings is 1. The van der Waals surface area contributed by atoms with Gasteiger partial charge in [0, 0.05) is 11.4 Å². The van der Waals surface area contributed by atoms with Crippen molar-refractivity contribution in [2.45, 2.75) is 6.42 Å². The second-order valence-corrected chi connectivity index (χ2v) is 5.04. The Kier molecular flexibility index (Phi) is 2.98. The number of rotatable bonds is 4. The van der Waals surface area contributed by atoms with Crippen molar-refractivity contribution in [2.75, 3.05) is 11.9 Å². The number of hydrogen-bond acceptors (Lipinski definition) is 3. The van der Waals surface area contributed by atoms with Gasteiger partial charge in [0.15, 0.2) is 0 Å². The summed E-state index contributed by atoms with van der Waals surface area (Å²) in [6, 6.07) is 8.70. The summed E-state index contributed by atoms with van der Waals surface area (Å²) >= 11 is 1.74. The molecule has 92 valence electrons. The van der Waals surface area contributed by atoms with Gasteiger partial charge >= 0.3 is 0 Å². The Bertz CT molecular complexity index is 645. The van der Waals surface area contributed by atoms with E-state index in [4.69, 9.17) is 0 Å². The van der Waals surface area contributed by atoms with Crippen LogP contribution in [0.15, 0.2) is 35.7 Å². The number of halogens is 1. The third-order valence-electron chi connectivity index (χ3n) is 2.69. The molecule has 1 aromatic carbocycles. The Morgan fingerprint density at radius 1 is 1.33 bits per heavy atom. The molecule has 0 aliphatic carbocycles. The molecule has 0 spiro atoms. The first kappa shape index (κ1) is 11.2. The highest BCUT2D eigenvalue weighted by molar-refractivity contribution is 7.09. The number of H-pyrrole nitrogens is 1. The SMILES string of the molecule is Fc1ccc2nc(NCCc3cccs3)[nH]c2c1. The molecule has 3 rings (SSSR count). The van der Waals surface area contributed by atoms with Crippen LogP contribution < -0.4 is 5.32 Å². The molecule has 0 saturated heterocycles. The fraction of sp³-hybridized carbons (Fsp3) is 0.154. The molecule has 0 unspecified atom stereocenters. The van der Waals surface area contributed by atoms with Gasteiger partial charge in [0.1, 0.15) is 5.82 Å². The van der Waals surface area contributed by atoms with Gasteiger partial charge in [-0.05, 0) is 36.1 Å². The Morgan fingerprint density at radius 2 is 2.28 bits per heavy atom. The first-order valence-corrected chi connectivity index (χ1v) is 6.61. The van der Waals surface area contributed by atoms with Crippen molar-refractivity contribution in [3.8, 4) is 0 Å². The second-order valence-electron chi connectivity index (χ2n) is 4.00. The summed E-state index contributed by atoms with van der Waals surface area (Å²) in [5, 5.41) is 5.28. The number of aromatic amines is 1. The first-order valence-electron chi connectivity index (χ1n) is 5.73. The third kappa shape index (κ3) is 2.36. The molecule has 0 fully saturated rings. The minimum atomic E-state index is -0.253. The van der Waals surface area contributed by atoms with Gasteiger partial charge in [-0.25, -0.2) is 9.37 Å². The number of hydrogen-bond donors (Lipinski definition) is 2. The Hall–Kier alpha value is -1.88. The molecule has 3 aromatic rings. The Morgan fingerprint density at radius 3 is 3.11 bits per heavy atom. The van der Waals surface area contributed by atoms with Crippen LogP contribution in [0.1, 0.15) is 4.88 Å². The number of nitrogens with zero attached hydrogens (tertiary/aromatic N) is 1. The largest absolute Gasteiger partial charge is 0.355 e. The molecule has 18 heavy (non-hydrogen) atoms. The highest BCUT2D eigenvalue weighted by Gasteiger charge is 2.03. The highest BCUT2D eigenvalue weighted by atomic mass is 32.1. The van der Waals surface area contributed by atoms with Crippen molar-refractivity contribution in [1.29, 1.82) is 0 Å². The van der Waals surface area contributed by atoms with Crippen LogP contribution in [0.4, 0.5) is 10.3 Å². The highest BCUT2D eigenvalue weighted by Crippen LogP contribution is 2.15. The topological polar surface area (TPSA) is 40.7 Å². The van der Waals surface area contributed by atoms with E-state index >= 15 is 0 Å². The van der Waals surface area contributed by atoms with Gasteiger partial charge in [0.2, 0.25) is 5.95 Å². The number of aromatic nitrogens is 2. The Balaban J connectivity index is 1.67. The van der Waals surface area contributed by atoms with Gasteiger partial charge in [-0.3, -0.25) is 0 Å². The summed E-state index contributed by atoms with van der Waals surface area (Å²) < 4.78 is 13.0.